The Morgan fingerprint density at radius 2 is 1.79 bits per heavy atom. The van der Waals surface area contributed by atoms with Crippen molar-refractivity contribution in [2.24, 2.45) is 0 Å². The molecule has 0 fully saturated rings. The highest BCUT2D eigenvalue weighted by molar-refractivity contribution is 6.36. The van der Waals surface area contributed by atoms with Crippen LogP contribution in [0.25, 0.3) is 5.57 Å². The van der Waals surface area contributed by atoms with Crippen molar-refractivity contribution in [3.05, 3.63) is 64.8 Å². The third kappa shape index (κ3) is 4.78. The number of imide groups is 1. The highest BCUT2D eigenvalue weighted by Crippen LogP contribution is 2.31. The molecule has 2 aromatic rings. The number of rotatable bonds is 8. The molecule has 1 aliphatic heterocycles. The molecule has 0 saturated heterocycles. The topological polar surface area (TPSA) is 67.9 Å². The number of carbonyl (C=O) groups excluding carboxylic acids is 2. The Labute approximate surface area is 175 Å². The maximum absolute atomic E-state index is 13.1. The highest BCUT2D eigenvalue weighted by atomic mass is 35.5. The molecule has 0 atom stereocenters. The summed E-state index contributed by atoms with van der Waals surface area (Å²) in [5.41, 5.74) is 1.78. The Morgan fingerprint density at radius 1 is 1.07 bits per heavy atom. The summed E-state index contributed by atoms with van der Waals surface area (Å²) in [6.07, 6.45) is 0.0147. The first-order valence-corrected chi connectivity index (χ1v) is 9.67. The molecule has 6 nitrogen and oxygen atoms in total. The number of nitrogens with one attached hydrogen (secondary N) is 1. The molecule has 7 heteroatoms. The van der Waals surface area contributed by atoms with Gasteiger partial charge in [-0.2, -0.15) is 0 Å². The standard InChI is InChI=1S/C22H23ClN2O4/c1-14(2)29-12-11-25-21(26)19(15-7-9-16(23)10-8-15)20(22(25)27)24-17-5-4-6-18(13-17)28-3/h4-10,13-14,24H,11-12H2,1-3H3. The largest absolute Gasteiger partial charge is 0.497 e. The van der Waals surface area contributed by atoms with Crippen LogP contribution >= 0.6 is 11.6 Å². The van der Waals surface area contributed by atoms with E-state index >= 15 is 0 Å². The van der Waals surface area contributed by atoms with Gasteiger partial charge in [-0.05, 0) is 43.7 Å². The van der Waals surface area contributed by atoms with Gasteiger partial charge in [0, 0.05) is 16.8 Å². The first-order valence-electron chi connectivity index (χ1n) is 9.29. The maximum atomic E-state index is 13.1. The van der Waals surface area contributed by atoms with Crippen molar-refractivity contribution in [1.29, 1.82) is 0 Å². The van der Waals surface area contributed by atoms with E-state index in [4.69, 9.17) is 21.1 Å². The fraction of sp³-hybridized carbons (Fsp3) is 0.273. The molecule has 0 spiro atoms. The minimum atomic E-state index is -0.393. The molecule has 1 aliphatic rings. The number of ether oxygens (including phenoxy) is 2. The Bertz CT molecular complexity index is 938. The molecule has 152 valence electrons. The molecule has 0 bridgehead atoms. The SMILES string of the molecule is COc1cccc(NC2=C(c3ccc(Cl)cc3)C(=O)N(CCOC(C)C)C2=O)c1. The number of benzene rings is 2. The highest BCUT2D eigenvalue weighted by Gasteiger charge is 2.39. The lowest BCUT2D eigenvalue weighted by Gasteiger charge is -2.16. The monoisotopic (exact) mass is 414 g/mol. The van der Waals surface area contributed by atoms with Gasteiger partial charge in [0.1, 0.15) is 11.4 Å². The number of halogens is 1. The van der Waals surface area contributed by atoms with E-state index in [1.807, 2.05) is 13.8 Å². The van der Waals surface area contributed by atoms with Gasteiger partial charge in [0.15, 0.2) is 0 Å². The van der Waals surface area contributed by atoms with Crippen LogP contribution < -0.4 is 10.1 Å². The zero-order chi connectivity index (χ0) is 21.0. The number of hydrogen-bond donors (Lipinski definition) is 1. The minimum Gasteiger partial charge on any atom is -0.497 e. The van der Waals surface area contributed by atoms with Crippen molar-refractivity contribution in [1.82, 2.24) is 4.90 Å². The second-order valence-electron chi connectivity index (χ2n) is 6.80. The zero-order valence-corrected chi connectivity index (χ0v) is 17.3. The van der Waals surface area contributed by atoms with E-state index in [1.165, 1.54) is 4.90 Å². The van der Waals surface area contributed by atoms with Crippen LogP contribution in [0.1, 0.15) is 19.4 Å². The average Bonchev–Trinajstić information content (AvgIpc) is 2.93. The molecule has 0 saturated carbocycles. The third-order valence-corrected chi connectivity index (χ3v) is 4.66. The average molecular weight is 415 g/mol. The van der Waals surface area contributed by atoms with Crippen molar-refractivity contribution in [3.63, 3.8) is 0 Å². The van der Waals surface area contributed by atoms with Gasteiger partial charge in [-0.15, -0.1) is 0 Å². The third-order valence-electron chi connectivity index (χ3n) is 4.41. The quantitative estimate of drug-likeness (QED) is 0.662. The molecule has 0 radical (unpaired) electrons. The Balaban J connectivity index is 1.96. The summed E-state index contributed by atoms with van der Waals surface area (Å²) in [6.45, 7) is 4.26. The van der Waals surface area contributed by atoms with E-state index < -0.39 is 5.91 Å². The summed E-state index contributed by atoms with van der Waals surface area (Å²) < 4.78 is 10.8. The van der Waals surface area contributed by atoms with Crippen LogP contribution in [0.3, 0.4) is 0 Å². The van der Waals surface area contributed by atoms with Crippen molar-refractivity contribution in [2.45, 2.75) is 20.0 Å². The number of nitrogens with zero attached hydrogens (tertiary/aromatic N) is 1. The molecular formula is C22H23ClN2O4. The van der Waals surface area contributed by atoms with Crippen LogP contribution in [-0.2, 0) is 14.3 Å². The van der Waals surface area contributed by atoms with E-state index in [0.717, 1.165) is 0 Å². The van der Waals surface area contributed by atoms with Crippen LogP contribution in [0.4, 0.5) is 5.69 Å². The molecule has 1 heterocycles. The van der Waals surface area contributed by atoms with Crippen LogP contribution in [0, 0.1) is 0 Å². The van der Waals surface area contributed by atoms with Crippen molar-refractivity contribution >= 4 is 34.7 Å². The minimum absolute atomic E-state index is 0.0147. The Hall–Kier alpha value is -2.83. The van der Waals surface area contributed by atoms with E-state index in [9.17, 15) is 9.59 Å². The molecule has 29 heavy (non-hydrogen) atoms. The van der Waals surface area contributed by atoms with Crippen molar-refractivity contribution in [2.75, 3.05) is 25.6 Å². The molecule has 1 N–H and O–H groups in total. The number of carbonyl (C=O) groups is 2. The van der Waals surface area contributed by atoms with Crippen molar-refractivity contribution < 1.29 is 19.1 Å². The van der Waals surface area contributed by atoms with Gasteiger partial charge in [-0.1, -0.05) is 29.8 Å². The fourth-order valence-electron chi connectivity index (χ4n) is 3.00. The zero-order valence-electron chi connectivity index (χ0n) is 16.6. The lowest BCUT2D eigenvalue weighted by atomic mass is 10.0. The van der Waals surface area contributed by atoms with Gasteiger partial charge in [0.2, 0.25) is 0 Å². The van der Waals surface area contributed by atoms with Gasteiger partial charge >= 0.3 is 0 Å². The van der Waals surface area contributed by atoms with E-state index in [-0.39, 0.29) is 30.9 Å². The molecule has 0 aromatic heterocycles. The molecule has 0 aliphatic carbocycles. The summed E-state index contributed by atoms with van der Waals surface area (Å²) in [7, 11) is 1.57. The number of amides is 2. The van der Waals surface area contributed by atoms with Crippen LogP contribution in [0.15, 0.2) is 54.2 Å². The summed E-state index contributed by atoms with van der Waals surface area (Å²) in [6, 6.07) is 14.0. The molecule has 2 aromatic carbocycles. The molecule has 2 amide bonds. The van der Waals surface area contributed by atoms with Crippen molar-refractivity contribution in [3.8, 4) is 5.75 Å². The number of hydrogen-bond acceptors (Lipinski definition) is 5. The van der Waals surface area contributed by atoms with E-state index in [2.05, 4.69) is 5.32 Å². The predicted molar refractivity (Wildman–Crippen MR) is 113 cm³/mol. The number of methoxy groups -OCH3 is 1. The maximum Gasteiger partial charge on any atom is 0.278 e. The van der Waals surface area contributed by atoms with Gasteiger partial charge in [-0.3, -0.25) is 14.5 Å². The smallest absolute Gasteiger partial charge is 0.278 e. The van der Waals surface area contributed by atoms with E-state index in [0.29, 0.717) is 27.6 Å². The lowest BCUT2D eigenvalue weighted by Crippen LogP contribution is -2.35. The summed E-state index contributed by atoms with van der Waals surface area (Å²) in [5.74, 6) is -0.118. The summed E-state index contributed by atoms with van der Waals surface area (Å²) in [5, 5.41) is 3.65. The molecule has 0 unspecified atom stereocenters. The molecular weight excluding hydrogens is 392 g/mol. The molecule has 3 rings (SSSR count). The van der Waals surface area contributed by atoms with Crippen LogP contribution in [0.2, 0.25) is 5.02 Å². The second-order valence-corrected chi connectivity index (χ2v) is 7.23. The summed E-state index contributed by atoms with van der Waals surface area (Å²) >= 11 is 5.99. The first-order chi connectivity index (χ1) is 13.9. The van der Waals surface area contributed by atoms with Gasteiger partial charge in [0.05, 0.1) is 31.9 Å². The Morgan fingerprint density at radius 3 is 2.45 bits per heavy atom. The van der Waals surface area contributed by atoms with Crippen LogP contribution in [0.5, 0.6) is 5.75 Å². The predicted octanol–water partition coefficient (Wildman–Crippen LogP) is 3.97. The normalized spacial score (nSPS) is 14.2. The first kappa shape index (κ1) is 20.9. The lowest BCUT2D eigenvalue weighted by molar-refractivity contribution is -0.137. The van der Waals surface area contributed by atoms with Gasteiger partial charge in [-0.25, -0.2) is 0 Å². The van der Waals surface area contributed by atoms with Gasteiger partial charge in [0.25, 0.3) is 11.8 Å². The second kappa shape index (κ2) is 9.11. The van der Waals surface area contributed by atoms with Gasteiger partial charge < -0.3 is 14.8 Å². The van der Waals surface area contributed by atoms with Crippen LogP contribution in [-0.4, -0.2) is 43.1 Å². The van der Waals surface area contributed by atoms with E-state index in [1.54, 1.807) is 55.6 Å². The number of anilines is 1. The fourth-order valence-corrected chi connectivity index (χ4v) is 3.13. The Kier molecular flexibility index (Phi) is 6.56. The summed E-state index contributed by atoms with van der Waals surface area (Å²) in [4.78, 5) is 27.4.